The maximum Gasteiger partial charge on any atom is 0.0633 e. The smallest absolute Gasteiger partial charge is 0.0633 e. The van der Waals surface area contributed by atoms with Gasteiger partial charge in [0.25, 0.3) is 0 Å². The first-order chi connectivity index (χ1) is 7.11. The molecule has 0 aliphatic carbocycles. The summed E-state index contributed by atoms with van der Waals surface area (Å²) in [6.45, 7) is 3.50. The predicted octanol–water partition coefficient (Wildman–Crippen LogP) is 0.475. The first-order valence-corrected chi connectivity index (χ1v) is 5.01. The van der Waals surface area contributed by atoms with Crippen molar-refractivity contribution in [1.82, 2.24) is 10.3 Å². The molecule has 1 atom stereocenters. The van der Waals surface area contributed by atoms with Crippen molar-refractivity contribution in [2.45, 2.75) is 25.4 Å². The van der Waals surface area contributed by atoms with Crippen LogP contribution in [-0.2, 0) is 0 Å². The molecule has 1 heterocycles. The summed E-state index contributed by atoms with van der Waals surface area (Å²) in [5.41, 5.74) is 0.224. The molecule has 1 rings (SSSR count). The fourth-order valence-corrected chi connectivity index (χ4v) is 1.37. The van der Waals surface area contributed by atoms with E-state index in [4.69, 9.17) is 10.2 Å². The zero-order chi connectivity index (χ0) is 11.3. The van der Waals surface area contributed by atoms with E-state index in [1.54, 1.807) is 13.1 Å². The Hall–Kier alpha value is -0.970. The maximum absolute atomic E-state index is 9.14. The summed E-state index contributed by atoms with van der Waals surface area (Å²) in [5, 5.41) is 21.4. The third kappa shape index (κ3) is 3.27. The van der Waals surface area contributed by atoms with Crippen LogP contribution in [-0.4, -0.2) is 33.9 Å². The normalized spacial score (nSPS) is 13.9. The van der Waals surface area contributed by atoms with E-state index in [9.17, 15) is 0 Å². The van der Waals surface area contributed by atoms with E-state index in [-0.39, 0.29) is 19.3 Å². The lowest BCUT2D eigenvalue weighted by atomic mass is 10.0. The summed E-state index contributed by atoms with van der Waals surface area (Å²) >= 11 is 0. The van der Waals surface area contributed by atoms with Crippen molar-refractivity contribution in [2.75, 3.05) is 13.2 Å². The fraction of sp³-hybridized carbons (Fsp3) is 0.545. The molecule has 0 saturated heterocycles. The maximum atomic E-state index is 9.14. The van der Waals surface area contributed by atoms with Gasteiger partial charge in [0.1, 0.15) is 0 Å². The van der Waals surface area contributed by atoms with Gasteiger partial charge in [-0.1, -0.05) is 6.07 Å². The lowest BCUT2D eigenvalue weighted by Gasteiger charge is -2.30. The molecule has 0 radical (unpaired) electrons. The Morgan fingerprint density at radius 3 is 2.53 bits per heavy atom. The minimum absolute atomic E-state index is 0.00417. The Morgan fingerprint density at radius 2 is 2.07 bits per heavy atom. The van der Waals surface area contributed by atoms with Crippen LogP contribution in [0, 0.1) is 0 Å². The van der Waals surface area contributed by atoms with E-state index < -0.39 is 5.54 Å². The average Bonchev–Trinajstić information content (AvgIpc) is 2.30. The number of aliphatic hydroxyl groups excluding tert-OH is 2. The van der Waals surface area contributed by atoms with Crippen LogP contribution in [0.15, 0.2) is 24.4 Å². The molecule has 0 bridgehead atoms. The Morgan fingerprint density at radius 1 is 1.40 bits per heavy atom. The van der Waals surface area contributed by atoms with E-state index in [1.807, 2.05) is 25.1 Å². The highest BCUT2D eigenvalue weighted by Gasteiger charge is 2.24. The second-order valence-corrected chi connectivity index (χ2v) is 4.00. The summed E-state index contributed by atoms with van der Waals surface area (Å²) in [5.74, 6) is 0. The minimum atomic E-state index is -0.670. The van der Waals surface area contributed by atoms with E-state index >= 15 is 0 Å². The lowest BCUT2D eigenvalue weighted by molar-refractivity contribution is 0.0953. The van der Waals surface area contributed by atoms with Crippen molar-refractivity contribution in [3.8, 4) is 0 Å². The van der Waals surface area contributed by atoms with Gasteiger partial charge in [-0.25, -0.2) is 0 Å². The zero-order valence-electron chi connectivity index (χ0n) is 9.14. The van der Waals surface area contributed by atoms with Gasteiger partial charge in [-0.05, 0) is 26.0 Å². The van der Waals surface area contributed by atoms with Crippen LogP contribution >= 0.6 is 0 Å². The van der Waals surface area contributed by atoms with Crippen molar-refractivity contribution in [3.63, 3.8) is 0 Å². The van der Waals surface area contributed by atoms with Gasteiger partial charge in [-0.15, -0.1) is 0 Å². The van der Waals surface area contributed by atoms with Crippen LogP contribution in [0.2, 0.25) is 0 Å². The number of hydrogen-bond donors (Lipinski definition) is 3. The van der Waals surface area contributed by atoms with Gasteiger partial charge in [0, 0.05) is 12.2 Å². The van der Waals surface area contributed by atoms with Crippen LogP contribution in [0.5, 0.6) is 0 Å². The van der Waals surface area contributed by atoms with E-state index in [1.165, 1.54) is 0 Å². The molecule has 0 amide bonds. The quantitative estimate of drug-likeness (QED) is 0.661. The summed E-state index contributed by atoms with van der Waals surface area (Å²) in [4.78, 5) is 4.21. The zero-order valence-corrected chi connectivity index (χ0v) is 9.14. The molecule has 1 aromatic heterocycles. The molecule has 84 valence electrons. The molecule has 0 aromatic carbocycles. The standard InChI is InChI=1S/C11H18N2O2/c1-9(10-5-3-4-6-12-10)13-11(2,7-14)8-15/h3-6,9,13-15H,7-8H2,1-2H3. The van der Waals surface area contributed by atoms with Gasteiger partial charge in [-0.3, -0.25) is 10.3 Å². The lowest BCUT2D eigenvalue weighted by Crippen LogP contribution is -2.50. The SMILES string of the molecule is CC(NC(C)(CO)CO)c1ccccn1. The largest absolute Gasteiger partial charge is 0.394 e. The summed E-state index contributed by atoms with van der Waals surface area (Å²) < 4.78 is 0. The summed E-state index contributed by atoms with van der Waals surface area (Å²) in [7, 11) is 0. The molecule has 0 spiro atoms. The molecule has 1 unspecified atom stereocenters. The van der Waals surface area contributed by atoms with Crippen molar-refractivity contribution >= 4 is 0 Å². The number of rotatable bonds is 5. The molecule has 0 aliphatic heterocycles. The number of hydrogen-bond acceptors (Lipinski definition) is 4. The second-order valence-electron chi connectivity index (χ2n) is 4.00. The van der Waals surface area contributed by atoms with Gasteiger partial charge < -0.3 is 10.2 Å². The number of pyridine rings is 1. The van der Waals surface area contributed by atoms with Crippen LogP contribution in [0.4, 0.5) is 0 Å². The van der Waals surface area contributed by atoms with E-state index in [0.717, 1.165) is 5.69 Å². The Labute approximate surface area is 90.0 Å². The van der Waals surface area contributed by atoms with Gasteiger partial charge in [0.05, 0.1) is 24.4 Å². The monoisotopic (exact) mass is 210 g/mol. The van der Waals surface area contributed by atoms with Gasteiger partial charge in [-0.2, -0.15) is 0 Å². The highest BCUT2D eigenvalue weighted by atomic mass is 16.3. The fourth-order valence-electron chi connectivity index (χ4n) is 1.37. The molecule has 4 heteroatoms. The Bertz CT molecular complexity index is 286. The van der Waals surface area contributed by atoms with Crippen LogP contribution in [0.3, 0.4) is 0 Å². The van der Waals surface area contributed by atoms with Crippen molar-refractivity contribution < 1.29 is 10.2 Å². The minimum Gasteiger partial charge on any atom is -0.394 e. The van der Waals surface area contributed by atoms with Crippen molar-refractivity contribution in [2.24, 2.45) is 0 Å². The Balaban J connectivity index is 2.67. The molecular weight excluding hydrogens is 192 g/mol. The third-order valence-electron chi connectivity index (χ3n) is 2.39. The summed E-state index contributed by atoms with van der Waals surface area (Å²) in [6, 6.07) is 5.67. The van der Waals surface area contributed by atoms with E-state index in [2.05, 4.69) is 10.3 Å². The van der Waals surface area contributed by atoms with Crippen LogP contribution in [0.1, 0.15) is 25.6 Å². The average molecular weight is 210 g/mol. The molecule has 0 fully saturated rings. The predicted molar refractivity (Wildman–Crippen MR) is 58.4 cm³/mol. The highest BCUT2D eigenvalue weighted by Crippen LogP contribution is 2.13. The topological polar surface area (TPSA) is 65.4 Å². The Kier molecular flexibility index (Phi) is 4.20. The molecule has 3 N–H and O–H groups in total. The molecule has 4 nitrogen and oxygen atoms in total. The number of aromatic nitrogens is 1. The molecule has 0 saturated carbocycles. The molecule has 1 aromatic rings. The second kappa shape index (κ2) is 5.21. The van der Waals surface area contributed by atoms with Gasteiger partial charge in [0.2, 0.25) is 0 Å². The number of nitrogens with one attached hydrogen (secondary N) is 1. The molecule has 15 heavy (non-hydrogen) atoms. The first-order valence-electron chi connectivity index (χ1n) is 5.01. The highest BCUT2D eigenvalue weighted by molar-refractivity contribution is 5.08. The first kappa shape index (κ1) is 12.1. The van der Waals surface area contributed by atoms with Gasteiger partial charge in [0.15, 0.2) is 0 Å². The molecular formula is C11H18N2O2. The van der Waals surface area contributed by atoms with Crippen LogP contribution in [0.25, 0.3) is 0 Å². The van der Waals surface area contributed by atoms with Crippen LogP contribution < -0.4 is 5.32 Å². The van der Waals surface area contributed by atoms with Crippen molar-refractivity contribution in [3.05, 3.63) is 30.1 Å². The number of aliphatic hydroxyl groups is 2. The third-order valence-corrected chi connectivity index (χ3v) is 2.39. The molecule has 0 aliphatic rings. The van der Waals surface area contributed by atoms with Gasteiger partial charge >= 0.3 is 0 Å². The van der Waals surface area contributed by atoms with E-state index in [0.29, 0.717) is 0 Å². The van der Waals surface area contributed by atoms with Crippen molar-refractivity contribution in [1.29, 1.82) is 0 Å². The summed E-state index contributed by atoms with van der Waals surface area (Å²) in [6.07, 6.45) is 1.72. The number of nitrogens with zero attached hydrogens (tertiary/aromatic N) is 1.